The van der Waals surface area contributed by atoms with Gasteiger partial charge in [-0.25, -0.2) is 12.8 Å². The summed E-state index contributed by atoms with van der Waals surface area (Å²) < 4.78 is 42.4. The third-order valence-corrected chi connectivity index (χ3v) is 6.03. The molecule has 0 bridgehead atoms. The predicted molar refractivity (Wildman–Crippen MR) is 105 cm³/mol. The second-order valence-corrected chi connectivity index (χ2v) is 8.57. The van der Waals surface area contributed by atoms with Gasteiger partial charge in [0.15, 0.2) is 9.84 Å². The molecule has 1 aromatic heterocycles. The minimum absolute atomic E-state index is 0.0482. The summed E-state index contributed by atoms with van der Waals surface area (Å²) in [5.41, 5.74) is 0.906. The number of halogens is 1. The largest absolute Gasteiger partial charge is 0.339 e. The predicted octanol–water partition coefficient (Wildman–Crippen LogP) is 3.63. The quantitative estimate of drug-likeness (QED) is 0.600. The van der Waals surface area contributed by atoms with Crippen LogP contribution in [-0.2, 0) is 21.1 Å². The van der Waals surface area contributed by atoms with E-state index in [2.05, 4.69) is 15.5 Å². The van der Waals surface area contributed by atoms with Gasteiger partial charge >= 0.3 is 0 Å². The lowest BCUT2D eigenvalue weighted by Gasteiger charge is -2.10. The molecule has 3 rings (SSSR count). The van der Waals surface area contributed by atoms with E-state index in [-0.39, 0.29) is 34.5 Å². The molecule has 0 spiro atoms. The Morgan fingerprint density at radius 1 is 1.14 bits per heavy atom. The summed E-state index contributed by atoms with van der Waals surface area (Å²) in [5, 5.41) is 6.51. The molecule has 0 saturated heterocycles. The molecule has 1 N–H and O–H groups in total. The van der Waals surface area contributed by atoms with Gasteiger partial charge in [-0.1, -0.05) is 24.2 Å². The van der Waals surface area contributed by atoms with E-state index in [4.69, 9.17) is 4.52 Å². The number of rotatable bonds is 8. The highest BCUT2D eigenvalue weighted by molar-refractivity contribution is 7.91. The molecule has 7 nitrogen and oxygen atoms in total. The molecule has 1 heterocycles. The van der Waals surface area contributed by atoms with Crippen molar-refractivity contribution < 1.29 is 22.1 Å². The molecule has 0 aliphatic carbocycles. The molecule has 3 aromatic rings. The average Bonchev–Trinajstić information content (AvgIpc) is 3.17. The van der Waals surface area contributed by atoms with Gasteiger partial charge in [0.25, 0.3) is 0 Å². The second-order valence-electron chi connectivity index (χ2n) is 6.32. The molecule has 0 fully saturated rings. The van der Waals surface area contributed by atoms with Gasteiger partial charge in [-0.15, -0.1) is 0 Å². The minimum atomic E-state index is -3.44. The third kappa shape index (κ3) is 5.26. The molecular weight excluding hydrogens is 397 g/mol. The number of anilines is 1. The Kier molecular flexibility index (Phi) is 6.38. The Morgan fingerprint density at radius 2 is 1.86 bits per heavy atom. The summed E-state index contributed by atoms with van der Waals surface area (Å²) in [7, 11) is -3.44. The summed E-state index contributed by atoms with van der Waals surface area (Å²) in [6, 6.07) is 12.1. The number of carbonyl (C=O) groups excluding carboxylic acids is 1. The summed E-state index contributed by atoms with van der Waals surface area (Å²) in [5.74, 6) is 0.0148. The number of nitrogens with zero attached hydrogens (tertiary/aromatic N) is 2. The van der Waals surface area contributed by atoms with Crippen LogP contribution in [0, 0.1) is 5.82 Å². The van der Waals surface area contributed by atoms with E-state index in [1.807, 2.05) is 0 Å². The van der Waals surface area contributed by atoms with Crippen LogP contribution in [0.15, 0.2) is 57.9 Å². The van der Waals surface area contributed by atoms with Crippen molar-refractivity contribution in [3.63, 3.8) is 0 Å². The van der Waals surface area contributed by atoms with Crippen LogP contribution in [0.25, 0.3) is 11.4 Å². The van der Waals surface area contributed by atoms with Gasteiger partial charge < -0.3 is 9.84 Å². The van der Waals surface area contributed by atoms with Gasteiger partial charge in [0.05, 0.1) is 16.3 Å². The Bertz CT molecular complexity index is 1090. The summed E-state index contributed by atoms with van der Waals surface area (Å²) in [6.45, 7) is 1.55. The van der Waals surface area contributed by atoms with Crippen LogP contribution in [0.5, 0.6) is 0 Å². The Hall–Kier alpha value is -3.07. The lowest BCUT2D eigenvalue weighted by atomic mass is 10.2. The molecule has 0 aliphatic heterocycles. The number of aromatic nitrogens is 2. The summed E-state index contributed by atoms with van der Waals surface area (Å²) >= 11 is 0. The van der Waals surface area contributed by atoms with E-state index in [0.717, 1.165) is 0 Å². The summed E-state index contributed by atoms with van der Waals surface area (Å²) in [6.07, 6.45) is 0.991. The molecule has 0 atom stereocenters. The molecule has 0 unspecified atom stereocenters. The van der Waals surface area contributed by atoms with Crippen molar-refractivity contribution in [3.8, 4) is 11.4 Å². The minimum Gasteiger partial charge on any atom is -0.339 e. The molecule has 29 heavy (non-hydrogen) atoms. The smallest absolute Gasteiger partial charge is 0.226 e. The lowest BCUT2D eigenvalue weighted by Crippen LogP contribution is -2.15. The van der Waals surface area contributed by atoms with Gasteiger partial charge in [0.1, 0.15) is 5.82 Å². The number of carbonyl (C=O) groups is 1. The van der Waals surface area contributed by atoms with Crippen molar-refractivity contribution in [2.24, 2.45) is 0 Å². The van der Waals surface area contributed by atoms with E-state index in [1.54, 1.807) is 37.3 Å². The first kappa shape index (κ1) is 20.7. The standard InChI is InChI=1S/C20H20FN3O4S/c1-2-29(26,27)17-7-4-3-6-16(17)22-18(25)8-5-9-19-23-20(24-28-19)14-10-12-15(21)13-11-14/h3-4,6-7,10-13H,2,5,8-9H2,1H3,(H,22,25). The van der Waals surface area contributed by atoms with Crippen molar-refractivity contribution in [1.82, 2.24) is 10.1 Å². The SMILES string of the molecule is CCS(=O)(=O)c1ccccc1NC(=O)CCCc1nc(-c2ccc(F)cc2)no1. The van der Waals surface area contributed by atoms with Crippen molar-refractivity contribution >= 4 is 21.4 Å². The van der Waals surface area contributed by atoms with Crippen molar-refractivity contribution in [2.75, 3.05) is 11.1 Å². The molecule has 2 aromatic carbocycles. The maximum Gasteiger partial charge on any atom is 0.226 e. The zero-order valence-electron chi connectivity index (χ0n) is 15.8. The maximum absolute atomic E-state index is 13.0. The summed E-state index contributed by atoms with van der Waals surface area (Å²) in [4.78, 5) is 16.6. The van der Waals surface area contributed by atoms with Gasteiger partial charge in [0, 0.05) is 18.4 Å². The van der Waals surface area contributed by atoms with E-state index in [0.29, 0.717) is 30.1 Å². The Balaban J connectivity index is 1.56. The average molecular weight is 417 g/mol. The van der Waals surface area contributed by atoms with Gasteiger partial charge in [-0.05, 0) is 42.8 Å². The highest BCUT2D eigenvalue weighted by atomic mass is 32.2. The lowest BCUT2D eigenvalue weighted by molar-refractivity contribution is -0.116. The molecule has 0 saturated carbocycles. The normalized spacial score (nSPS) is 11.4. The first-order valence-corrected chi connectivity index (χ1v) is 10.7. The van der Waals surface area contributed by atoms with Crippen LogP contribution in [0.1, 0.15) is 25.7 Å². The molecular formula is C20H20FN3O4S. The van der Waals surface area contributed by atoms with Crippen molar-refractivity contribution in [2.45, 2.75) is 31.1 Å². The second kappa shape index (κ2) is 8.95. The number of aryl methyl sites for hydroxylation is 1. The van der Waals surface area contributed by atoms with Crippen molar-refractivity contribution in [3.05, 3.63) is 60.2 Å². The Morgan fingerprint density at radius 3 is 2.59 bits per heavy atom. The topological polar surface area (TPSA) is 102 Å². The van der Waals surface area contributed by atoms with Crippen LogP contribution >= 0.6 is 0 Å². The van der Waals surface area contributed by atoms with Crippen LogP contribution in [-0.4, -0.2) is 30.2 Å². The molecule has 0 aliphatic rings. The van der Waals surface area contributed by atoms with Crippen LogP contribution < -0.4 is 5.32 Å². The van der Waals surface area contributed by atoms with Crippen LogP contribution in [0.3, 0.4) is 0 Å². The number of amides is 1. The van der Waals surface area contributed by atoms with Gasteiger partial charge in [0.2, 0.25) is 17.6 Å². The number of benzene rings is 2. The highest BCUT2D eigenvalue weighted by Crippen LogP contribution is 2.22. The monoisotopic (exact) mass is 417 g/mol. The number of hydrogen-bond acceptors (Lipinski definition) is 6. The first-order chi connectivity index (χ1) is 13.9. The fraction of sp³-hybridized carbons (Fsp3) is 0.250. The van der Waals surface area contributed by atoms with Crippen molar-refractivity contribution in [1.29, 1.82) is 0 Å². The molecule has 9 heteroatoms. The van der Waals surface area contributed by atoms with E-state index in [1.165, 1.54) is 18.2 Å². The number of hydrogen-bond donors (Lipinski definition) is 1. The maximum atomic E-state index is 13.0. The van der Waals surface area contributed by atoms with E-state index >= 15 is 0 Å². The zero-order valence-corrected chi connectivity index (χ0v) is 16.6. The third-order valence-electron chi connectivity index (χ3n) is 4.24. The zero-order chi connectivity index (χ0) is 20.9. The van der Waals surface area contributed by atoms with Crippen LogP contribution in [0.4, 0.5) is 10.1 Å². The number of para-hydroxylation sites is 1. The van der Waals surface area contributed by atoms with Gasteiger partial charge in [-0.2, -0.15) is 4.98 Å². The fourth-order valence-electron chi connectivity index (χ4n) is 2.68. The molecule has 0 radical (unpaired) electrons. The van der Waals surface area contributed by atoms with E-state index in [9.17, 15) is 17.6 Å². The van der Waals surface area contributed by atoms with Gasteiger partial charge in [-0.3, -0.25) is 4.79 Å². The Labute approximate surface area is 167 Å². The number of sulfone groups is 1. The fourth-order valence-corrected chi connectivity index (χ4v) is 3.73. The highest BCUT2D eigenvalue weighted by Gasteiger charge is 2.17. The first-order valence-electron chi connectivity index (χ1n) is 9.09. The van der Waals surface area contributed by atoms with Crippen LogP contribution in [0.2, 0.25) is 0 Å². The molecule has 152 valence electrons. The molecule has 1 amide bonds. The van der Waals surface area contributed by atoms with E-state index < -0.39 is 9.84 Å². The number of nitrogens with one attached hydrogen (secondary N) is 1.